The summed E-state index contributed by atoms with van der Waals surface area (Å²) in [5.41, 5.74) is 2.58. The van der Waals surface area contributed by atoms with Gasteiger partial charge in [0.15, 0.2) is 0 Å². The first-order valence-corrected chi connectivity index (χ1v) is 7.11. The Balaban J connectivity index is 2.25. The minimum atomic E-state index is -0.409. The van der Waals surface area contributed by atoms with Gasteiger partial charge in [0.1, 0.15) is 0 Å². The van der Waals surface area contributed by atoms with Crippen molar-refractivity contribution < 1.29 is 4.92 Å². The number of hydrogen-bond acceptors (Lipinski definition) is 3. The quantitative estimate of drug-likeness (QED) is 0.606. The first-order chi connectivity index (χ1) is 9.90. The van der Waals surface area contributed by atoms with Crippen LogP contribution < -0.4 is 5.32 Å². The number of anilines is 1. The van der Waals surface area contributed by atoms with Gasteiger partial charge in [-0.05, 0) is 37.1 Å². The van der Waals surface area contributed by atoms with E-state index in [1.165, 1.54) is 12.1 Å². The fourth-order valence-electron chi connectivity index (χ4n) is 2.09. The zero-order chi connectivity index (χ0) is 15.6. The maximum absolute atomic E-state index is 10.7. The first-order valence-electron chi connectivity index (χ1n) is 6.35. The number of non-ortho nitro benzene ring substituents is 1. The van der Waals surface area contributed by atoms with Gasteiger partial charge in [0.05, 0.1) is 21.0 Å². The average Bonchev–Trinajstić information content (AvgIpc) is 2.43. The van der Waals surface area contributed by atoms with Crippen molar-refractivity contribution in [3.63, 3.8) is 0 Å². The van der Waals surface area contributed by atoms with E-state index in [0.29, 0.717) is 10.0 Å². The monoisotopic (exact) mass is 324 g/mol. The molecule has 0 aromatic heterocycles. The van der Waals surface area contributed by atoms with Crippen LogP contribution in [0.25, 0.3) is 0 Å². The third kappa shape index (κ3) is 3.46. The van der Waals surface area contributed by atoms with Gasteiger partial charge < -0.3 is 5.32 Å². The third-order valence-corrected chi connectivity index (χ3v) is 4.07. The summed E-state index contributed by atoms with van der Waals surface area (Å²) in [5.74, 6) is 0. The average molecular weight is 325 g/mol. The summed E-state index contributed by atoms with van der Waals surface area (Å²) in [6.45, 7) is 3.78. The molecule has 0 radical (unpaired) electrons. The molecule has 4 nitrogen and oxygen atoms in total. The summed E-state index contributed by atoms with van der Waals surface area (Å²) >= 11 is 12.2. The smallest absolute Gasteiger partial charge is 0.269 e. The number of nitrogens with one attached hydrogen (secondary N) is 1. The van der Waals surface area contributed by atoms with E-state index >= 15 is 0 Å². The van der Waals surface area contributed by atoms with Crippen molar-refractivity contribution in [2.75, 3.05) is 5.32 Å². The molecule has 0 saturated heterocycles. The molecule has 0 aliphatic carbocycles. The molecule has 0 fully saturated rings. The lowest BCUT2D eigenvalue weighted by atomic mass is 10.1. The fraction of sp³-hybridized carbons (Fsp3) is 0.200. The standard InChI is InChI=1S/C15H14Cl2N2O2/c1-9-8-11(19(20)21)6-7-14(9)18-10(2)12-4-3-5-13(16)15(12)17/h3-8,10,18H,1-2H3. The fourth-order valence-corrected chi connectivity index (χ4v) is 2.56. The van der Waals surface area contributed by atoms with E-state index in [1.54, 1.807) is 12.1 Å². The highest BCUT2D eigenvalue weighted by Crippen LogP contribution is 2.32. The van der Waals surface area contributed by atoms with E-state index in [1.807, 2.05) is 26.0 Å². The second-order valence-corrected chi connectivity index (χ2v) is 5.55. The SMILES string of the molecule is Cc1cc([N+](=O)[O-])ccc1NC(C)c1cccc(Cl)c1Cl. The number of benzene rings is 2. The van der Waals surface area contributed by atoms with Gasteiger partial charge in [0, 0.05) is 17.8 Å². The van der Waals surface area contributed by atoms with Crippen LogP contribution in [0.4, 0.5) is 11.4 Å². The molecule has 0 spiro atoms. The second kappa shape index (κ2) is 6.33. The first kappa shape index (κ1) is 15.6. The maximum atomic E-state index is 10.7. The molecule has 21 heavy (non-hydrogen) atoms. The van der Waals surface area contributed by atoms with Crippen LogP contribution in [-0.2, 0) is 0 Å². The molecule has 1 atom stereocenters. The van der Waals surface area contributed by atoms with Crippen molar-refractivity contribution in [2.45, 2.75) is 19.9 Å². The maximum Gasteiger partial charge on any atom is 0.269 e. The van der Waals surface area contributed by atoms with Gasteiger partial charge >= 0.3 is 0 Å². The van der Waals surface area contributed by atoms with Crippen LogP contribution in [0.2, 0.25) is 10.0 Å². The van der Waals surface area contributed by atoms with Gasteiger partial charge in [-0.2, -0.15) is 0 Å². The molecule has 2 aromatic rings. The van der Waals surface area contributed by atoms with E-state index in [0.717, 1.165) is 16.8 Å². The number of hydrogen-bond donors (Lipinski definition) is 1. The summed E-state index contributed by atoms with van der Waals surface area (Å²) < 4.78 is 0. The van der Waals surface area contributed by atoms with Crippen LogP contribution in [0, 0.1) is 17.0 Å². The number of aryl methyl sites for hydroxylation is 1. The summed E-state index contributed by atoms with van der Waals surface area (Å²) in [6, 6.07) is 10.1. The predicted octanol–water partition coefficient (Wildman–Crippen LogP) is 5.38. The molecule has 1 N–H and O–H groups in total. The van der Waals surface area contributed by atoms with Crippen LogP contribution in [-0.4, -0.2) is 4.92 Å². The number of rotatable bonds is 4. The lowest BCUT2D eigenvalue weighted by Gasteiger charge is -2.19. The largest absolute Gasteiger partial charge is 0.378 e. The molecule has 1 unspecified atom stereocenters. The van der Waals surface area contributed by atoms with E-state index in [2.05, 4.69) is 5.32 Å². The summed E-state index contributed by atoms with van der Waals surface area (Å²) in [4.78, 5) is 10.3. The van der Waals surface area contributed by atoms with Crippen LogP contribution in [0.5, 0.6) is 0 Å². The summed E-state index contributed by atoms with van der Waals surface area (Å²) in [5, 5.41) is 15.1. The minimum absolute atomic E-state index is 0.0728. The van der Waals surface area contributed by atoms with Gasteiger partial charge in [0.2, 0.25) is 0 Å². The molecule has 0 bridgehead atoms. The molecule has 6 heteroatoms. The molecular weight excluding hydrogens is 311 g/mol. The normalized spacial score (nSPS) is 12.0. The van der Waals surface area contributed by atoms with Crippen LogP contribution >= 0.6 is 23.2 Å². The van der Waals surface area contributed by atoms with Gasteiger partial charge in [-0.3, -0.25) is 10.1 Å². The molecule has 0 heterocycles. The van der Waals surface area contributed by atoms with Crippen molar-refractivity contribution in [1.82, 2.24) is 0 Å². The molecule has 0 amide bonds. The highest BCUT2D eigenvalue weighted by atomic mass is 35.5. The number of nitrogens with zero attached hydrogens (tertiary/aromatic N) is 1. The minimum Gasteiger partial charge on any atom is -0.378 e. The van der Waals surface area contributed by atoms with Crippen LogP contribution in [0.1, 0.15) is 24.1 Å². The number of nitro groups is 1. The molecule has 0 saturated carbocycles. The van der Waals surface area contributed by atoms with Crippen molar-refractivity contribution in [3.05, 3.63) is 67.7 Å². The van der Waals surface area contributed by atoms with Gasteiger partial charge in [-0.25, -0.2) is 0 Å². The Morgan fingerprint density at radius 1 is 1.24 bits per heavy atom. The zero-order valence-electron chi connectivity index (χ0n) is 11.6. The van der Waals surface area contributed by atoms with Gasteiger partial charge in [-0.15, -0.1) is 0 Å². The number of nitro benzene ring substituents is 1. The van der Waals surface area contributed by atoms with E-state index in [4.69, 9.17) is 23.2 Å². The lowest BCUT2D eigenvalue weighted by Crippen LogP contribution is -2.08. The van der Waals surface area contributed by atoms with Crippen molar-refractivity contribution in [2.24, 2.45) is 0 Å². The molecular formula is C15H14Cl2N2O2. The summed E-state index contributed by atoms with van der Waals surface area (Å²) in [7, 11) is 0. The van der Waals surface area contributed by atoms with E-state index < -0.39 is 4.92 Å². The van der Waals surface area contributed by atoms with E-state index in [9.17, 15) is 10.1 Å². The Morgan fingerprint density at radius 2 is 1.95 bits per heavy atom. The van der Waals surface area contributed by atoms with Gasteiger partial charge in [-0.1, -0.05) is 35.3 Å². The topological polar surface area (TPSA) is 55.2 Å². The lowest BCUT2D eigenvalue weighted by molar-refractivity contribution is -0.384. The molecule has 0 aliphatic rings. The molecule has 2 rings (SSSR count). The second-order valence-electron chi connectivity index (χ2n) is 4.77. The Morgan fingerprint density at radius 3 is 2.57 bits per heavy atom. The Bertz CT molecular complexity index is 689. The predicted molar refractivity (Wildman–Crippen MR) is 86.3 cm³/mol. The van der Waals surface area contributed by atoms with Crippen molar-refractivity contribution in [3.8, 4) is 0 Å². The molecule has 0 aliphatic heterocycles. The number of halogens is 2. The Kier molecular flexibility index (Phi) is 4.70. The molecule has 2 aromatic carbocycles. The van der Waals surface area contributed by atoms with E-state index in [-0.39, 0.29) is 11.7 Å². The Hall–Kier alpha value is -1.78. The van der Waals surface area contributed by atoms with Gasteiger partial charge in [0.25, 0.3) is 5.69 Å². The van der Waals surface area contributed by atoms with Crippen LogP contribution in [0.15, 0.2) is 36.4 Å². The molecule has 110 valence electrons. The highest BCUT2D eigenvalue weighted by molar-refractivity contribution is 6.42. The van der Waals surface area contributed by atoms with Crippen molar-refractivity contribution in [1.29, 1.82) is 0 Å². The summed E-state index contributed by atoms with van der Waals surface area (Å²) in [6.07, 6.45) is 0. The van der Waals surface area contributed by atoms with Crippen molar-refractivity contribution >= 4 is 34.6 Å². The van der Waals surface area contributed by atoms with Crippen LogP contribution in [0.3, 0.4) is 0 Å². The highest BCUT2D eigenvalue weighted by Gasteiger charge is 2.14. The zero-order valence-corrected chi connectivity index (χ0v) is 13.1. The third-order valence-electron chi connectivity index (χ3n) is 3.24. The Labute approximate surface area is 132 Å².